The molecule has 1 saturated heterocycles. The summed E-state index contributed by atoms with van der Waals surface area (Å²) in [6.45, 7) is 2.03. The number of benzene rings is 2. The third-order valence-electron chi connectivity index (χ3n) is 4.85. The summed E-state index contributed by atoms with van der Waals surface area (Å²) in [5.74, 6) is -0.672. The summed E-state index contributed by atoms with van der Waals surface area (Å²) in [6.07, 6.45) is -4.31. The van der Waals surface area contributed by atoms with Crippen molar-refractivity contribution in [2.75, 3.05) is 11.4 Å². The molecule has 1 atom stereocenters. The van der Waals surface area contributed by atoms with Crippen molar-refractivity contribution >= 4 is 11.6 Å². The van der Waals surface area contributed by atoms with Crippen LogP contribution in [0.2, 0.25) is 0 Å². The van der Waals surface area contributed by atoms with E-state index in [1.165, 1.54) is 29.2 Å². The zero-order valence-electron chi connectivity index (χ0n) is 15.2. The first-order chi connectivity index (χ1) is 13.7. The minimum atomic E-state index is -4.43. The Hall–Kier alpha value is -3.23. The van der Waals surface area contributed by atoms with Gasteiger partial charge in [-0.1, -0.05) is 23.4 Å². The molecule has 0 saturated carbocycles. The molecule has 1 unspecified atom stereocenters. The average Bonchev–Trinajstić information content (AvgIpc) is 3.30. The van der Waals surface area contributed by atoms with Crippen LogP contribution < -0.4 is 4.90 Å². The highest BCUT2D eigenvalue weighted by molar-refractivity contribution is 5.97. The molecule has 5 nitrogen and oxygen atoms in total. The van der Waals surface area contributed by atoms with Crippen LogP contribution >= 0.6 is 0 Å². The van der Waals surface area contributed by atoms with Gasteiger partial charge in [0, 0.05) is 24.2 Å². The molecular formula is C20H15F4N3O2. The van der Waals surface area contributed by atoms with Crippen molar-refractivity contribution in [3.8, 4) is 11.4 Å². The number of hydrogen-bond acceptors (Lipinski definition) is 4. The van der Waals surface area contributed by atoms with Crippen LogP contribution in [0.5, 0.6) is 0 Å². The topological polar surface area (TPSA) is 59.2 Å². The molecule has 0 bridgehead atoms. The normalized spacial score (nSPS) is 17.2. The number of alkyl halides is 3. The maximum atomic E-state index is 13.6. The third kappa shape index (κ3) is 3.72. The van der Waals surface area contributed by atoms with Crippen LogP contribution in [0, 0.1) is 12.7 Å². The molecule has 1 aliphatic heterocycles. The van der Waals surface area contributed by atoms with Crippen molar-refractivity contribution in [2.24, 2.45) is 0 Å². The van der Waals surface area contributed by atoms with E-state index in [1.54, 1.807) is 13.0 Å². The number of anilines is 1. The number of carbonyl (C=O) groups is 1. The first-order valence-electron chi connectivity index (χ1n) is 8.80. The van der Waals surface area contributed by atoms with Gasteiger partial charge in [0.1, 0.15) is 5.82 Å². The van der Waals surface area contributed by atoms with Crippen LogP contribution in [0.4, 0.5) is 23.2 Å². The van der Waals surface area contributed by atoms with Gasteiger partial charge in [0.15, 0.2) is 0 Å². The lowest BCUT2D eigenvalue weighted by molar-refractivity contribution is -0.137. The third-order valence-corrected chi connectivity index (χ3v) is 4.85. The van der Waals surface area contributed by atoms with Gasteiger partial charge in [-0.3, -0.25) is 4.79 Å². The zero-order chi connectivity index (χ0) is 20.8. The van der Waals surface area contributed by atoms with E-state index < -0.39 is 17.6 Å². The predicted octanol–water partition coefficient (Wildman–Crippen LogP) is 4.72. The number of aromatic nitrogens is 2. The molecule has 3 aromatic rings. The molecule has 0 radical (unpaired) electrons. The second-order valence-electron chi connectivity index (χ2n) is 6.87. The monoisotopic (exact) mass is 405 g/mol. The Balaban J connectivity index is 1.54. The van der Waals surface area contributed by atoms with Crippen LogP contribution in [0.25, 0.3) is 11.4 Å². The highest BCUT2D eigenvalue weighted by atomic mass is 19.4. The molecule has 2 heterocycles. The van der Waals surface area contributed by atoms with Gasteiger partial charge in [-0.2, -0.15) is 18.2 Å². The van der Waals surface area contributed by atoms with Gasteiger partial charge in [0.25, 0.3) is 0 Å². The predicted molar refractivity (Wildman–Crippen MR) is 95.6 cm³/mol. The van der Waals surface area contributed by atoms with E-state index >= 15 is 0 Å². The van der Waals surface area contributed by atoms with Gasteiger partial charge in [-0.15, -0.1) is 0 Å². The quantitative estimate of drug-likeness (QED) is 0.592. The van der Waals surface area contributed by atoms with E-state index in [-0.39, 0.29) is 36.5 Å². The molecule has 0 spiro atoms. The minimum Gasteiger partial charge on any atom is -0.339 e. The van der Waals surface area contributed by atoms with E-state index in [0.717, 1.165) is 17.7 Å². The Morgan fingerprint density at radius 3 is 2.55 bits per heavy atom. The number of nitrogens with zero attached hydrogens (tertiary/aromatic N) is 3. The van der Waals surface area contributed by atoms with Crippen LogP contribution in [-0.4, -0.2) is 22.6 Å². The van der Waals surface area contributed by atoms with Gasteiger partial charge in [0.05, 0.1) is 11.5 Å². The lowest BCUT2D eigenvalue weighted by Crippen LogP contribution is -2.25. The fourth-order valence-electron chi connectivity index (χ4n) is 3.31. The molecule has 1 aromatic heterocycles. The first kappa shape index (κ1) is 19.1. The zero-order valence-corrected chi connectivity index (χ0v) is 15.2. The summed E-state index contributed by atoms with van der Waals surface area (Å²) < 4.78 is 56.9. The van der Waals surface area contributed by atoms with E-state index in [1.807, 2.05) is 0 Å². The second kappa shape index (κ2) is 6.98. The number of rotatable bonds is 3. The fraction of sp³-hybridized carbons (Fsp3) is 0.250. The highest BCUT2D eigenvalue weighted by Crippen LogP contribution is 2.34. The number of hydrogen-bond donors (Lipinski definition) is 0. The molecule has 1 amide bonds. The van der Waals surface area contributed by atoms with Crippen LogP contribution in [0.3, 0.4) is 0 Å². The SMILES string of the molecule is Cc1ccc(F)cc1N1CC(c2nc(-c3ccc(C(F)(F)F)cc3)no2)CC1=O. The van der Waals surface area contributed by atoms with Gasteiger partial charge >= 0.3 is 6.18 Å². The maximum absolute atomic E-state index is 13.6. The minimum absolute atomic E-state index is 0.116. The molecule has 9 heteroatoms. The Kier molecular flexibility index (Phi) is 4.60. The van der Waals surface area contributed by atoms with Crippen molar-refractivity contribution in [1.29, 1.82) is 0 Å². The van der Waals surface area contributed by atoms with Crippen molar-refractivity contribution in [3.63, 3.8) is 0 Å². The lowest BCUT2D eigenvalue weighted by atomic mass is 10.1. The molecule has 2 aromatic carbocycles. The lowest BCUT2D eigenvalue weighted by Gasteiger charge is -2.18. The number of carbonyl (C=O) groups excluding carboxylic acids is 1. The molecule has 29 heavy (non-hydrogen) atoms. The van der Waals surface area contributed by atoms with E-state index in [0.29, 0.717) is 11.3 Å². The molecule has 4 rings (SSSR count). The smallest absolute Gasteiger partial charge is 0.339 e. The number of amides is 1. The van der Waals surface area contributed by atoms with Gasteiger partial charge < -0.3 is 9.42 Å². The molecule has 1 aliphatic rings. The van der Waals surface area contributed by atoms with Gasteiger partial charge in [-0.25, -0.2) is 4.39 Å². The molecular weight excluding hydrogens is 390 g/mol. The maximum Gasteiger partial charge on any atom is 0.416 e. The second-order valence-corrected chi connectivity index (χ2v) is 6.87. The Morgan fingerprint density at radius 2 is 1.86 bits per heavy atom. The molecule has 0 aliphatic carbocycles. The van der Waals surface area contributed by atoms with E-state index in [9.17, 15) is 22.4 Å². The van der Waals surface area contributed by atoms with Crippen molar-refractivity contribution in [1.82, 2.24) is 10.1 Å². The Bertz CT molecular complexity index is 1060. The van der Waals surface area contributed by atoms with Crippen molar-refractivity contribution in [3.05, 3.63) is 65.3 Å². The number of halogens is 4. The van der Waals surface area contributed by atoms with E-state index in [4.69, 9.17) is 4.52 Å². The van der Waals surface area contributed by atoms with E-state index in [2.05, 4.69) is 10.1 Å². The first-order valence-corrected chi connectivity index (χ1v) is 8.80. The summed E-state index contributed by atoms with van der Waals surface area (Å²) in [6, 6.07) is 8.64. The largest absolute Gasteiger partial charge is 0.416 e. The highest BCUT2D eigenvalue weighted by Gasteiger charge is 2.36. The molecule has 150 valence electrons. The van der Waals surface area contributed by atoms with Crippen molar-refractivity contribution < 1.29 is 26.9 Å². The van der Waals surface area contributed by atoms with Crippen LogP contribution in [0.15, 0.2) is 47.0 Å². The summed E-state index contributed by atoms with van der Waals surface area (Å²) in [5, 5.41) is 3.82. The standard InChI is InChI=1S/C20H15F4N3O2/c1-11-2-7-15(21)9-16(11)27-10-13(8-17(27)28)19-25-18(26-29-19)12-3-5-14(6-4-12)20(22,23)24/h2-7,9,13H,8,10H2,1H3. The van der Waals surface area contributed by atoms with Crippen molar-refractivity contribution in [2.45, 2.75) is 25.4 Å². The van der Waals surface area contributed by atoms with Crippen LogP contribution in [0.1, 0.15) is 29.4 Å². The fourth-order valence-corrected chi connectivity index (χ4v) is 3.31. The Labute approximate surface area is 162 Å². The Morgan fingerprint density at radius 1 is 1.14 bits per heavy atom. The molecule has 0 N–H and O–H groups in total. The number of aryl methyl sites for hydroxylation is 1. The molecule has 1 fully saturated rings. The van der Waals surface area contributed by atoms with Crippen LogP contribution in [-0.2, 0) is 11.0 Å². The average molecular weight is 405 g/mol. The van der Waals surface area contributed by atoms with Gasteiger partial charge in [-0.05, 0) is 36.8 Å². The van der Waals surface area contributed by atoms with Gasteiger partial charge in [0.2, 0.25) is 17.6 Å². The summed E-state index contributed by atoms with van der Waals surface area (Å²) in [4.78, 5) is 18.2. The summed E-state index contributed by atoms with van der Waals surface area (Å²) in [7, 11) is 0. The summed E-state index contributed by atoms with van der Waals surface area (Å²) >= 11 is 0. The summed E-state index contributed by atoms with van der Waals surface area (Å²) in [5.41, 5.74) is 0.846.